The number of carbonyl (C=O) groups excluding carboxylic acids is 1. The molecule has 0 N–H and O–H groups in total. The van der Waals surface area contributed by atoms with Crippen LogP contribution in [0.4, 0.5) is 0 Å². The van der Waals surface area contributed by atoms with Gasteiger partial charge in [0.25, 0.3) is 0 Å². The molecule has 1 aliphatic carbocycles. The van der Waals surface area contributed by atoms with E-state index in [1.807, 2.05) is 6.92 Å². The summed E-state index contributed by atoms with van der Waals surface area (Å²) < 4.78 is 5.05. The van der Waals surface area contributed by atoms with Crippen LogP contribution in [0.2, 0.25) is 0 Å². The van der Waals surface area contributed by atoms with Gasteiger partial charge in [0.05, 0.1) is 13.3 Å². The van der Waals surface area contributed by atoms with Crippen molar-refractivity contribution in [3.05, 3.63) is 24.0 Å². The molecule has 0 aliphatic heterocycles. The van der Waals surface area contributed by atoms with E-state index >= 15 is 0 Å². The minimum absolute atomic E-state index is 0.124. The van der Waals surface area contributed by atoms with Crippen LogP contribution in [0, 0.1) is 11.8 Å². The van der Waals surface area contributed by atoms with E-state index in [1.165, 1.54) is 12.8 Å². The first-order valence-corrected chi connectivity index (χ1v) is 5.25. The first-order chi connectivity index (χ1) is 7.22. The van der Waals surface area contributed by atoms with Gasteiger partial charge in [-0.1, -0.05) is 6.92 Å². The fourth-order valence-electron chi connectivity index (χ4n) is 1.74. The van der Waals surface area contributed by atoms with E-state index in [4.69, 9.17) is 4.74 Å². The highest BCUT2D eigenvalue weighted by Crippen LogP contribution is 2.38. The maximum absolute atomic E-state index is 12.0. The molecule has 3 nitrogen and oxygen atoms in total. The topological polar surface area (TPSA) is 39.2 Å². The fraction of sp³-hybridized carbons (Fsp3) is 0.500. The van der Waals surface area contributed by atoms with Crippen molar-refractivity contribution in [3.8, 4) is 5.75 Å². The molecule has 15 heavy (non-hydrogen) atoms. The summed E-state index contributed by atoms with van der Waals surface area (Å²) in [6.07, 6.45) is 5.59. The Morgan fingerprint density at radius 2 is 2.27 bits per heavy atom. The molecule has 1 saturated carbocycles. The average Bonchev–Trinajstić information content (AvgIpc) is 3.11. The van der Waals surface area contributed by atoms with Crippen LogP contribution < -0.4 is 4.74 Å². The van der Waals surface area contributed by atoms with Crippen molar-refractivity contribution in [2.45, 2.75) is 19.8 Å². The molecule has 0 aromatic carbocycles. The second kappa shape index (κ2) is 4.01. The van der Waals surface area contributed by atoms with Crippen LogP contribution in [0.15, 0.2) is 18.5 Å². The molecule has 1 heterocycles. The van der Waals surface area contributed by atoms with E-state index in [-0.39, 0.29) is 11.7 Å². The summed E-state index contributed by atoms with van der Waals surface area (Å²) >= 11 is 0. The van der Waals surface area contributed by atoms with E-state index in [2.05, 4.69) is 4.98 Å². The van der Waals surface area contributed by atoms with Gasteiger partial charge >= 0.3 is 0 Å². The molecular formula is C12H15NO2. The van der Waals surface area contributed by atoms with Gasteiger partial charge in [-0.15, -0.1) is 0 Å². The Labute approximate surface area is 89.5 Å². The molecular weight excluding hydrogens is 190 g/mol. The molecule has 1 aliphatic rings. The van der Waals surface area contributed by atoms with Crippen molar-refractivity contribution < 1.29 is 9.53 Å². The third-order valence-corrected chi connectivity index (χ3v) is 2.98. The first kappa shape index (κ1) is 10.1. The maximum atomic E-state index is 12.0. The quantitative estimate of drug-likeness (QED) is 0.708. The number of carbonyl (C=O) groups is 1. The van der Waals surface area contributed by atoms with Crippen molar-refractivity contribution in [3.63, 3.8) is 0 Å². The Hall–Kier alpha value is -1.38. The van der Waals surface area contributed by atoms with Crippen LogP contribution in [0.3, 0.4) is 0 Å². The third kappa shape index (κ3) is 2.17. The number of nitrogens with zero attached hydrogens (tertiary/aromatic N) is 1. The summed E-state index contributed by atoms with van der Waals surface area (Å²) in [4.78, 5) is 16.0. The lowest BCUT2D eigenvalue weighted by Crippen LogP contribution is -2.13. The molecule has 2 rings (SSSR count). The second-order valence-corrected chi connectivity index (χ2v) is 4.10. The summed E-state index contributed by atoms with van der Waals surface area (Å²) in [5, 5.41) is 0. The average molecular weight is 205 g/mol. The van der Waals surface area contributed by atoms with Gasteiger partial charge in [-0.05, 0) is 24.8 Å². The van der Waals surface area contributed by atoms with Gasteiger partial charge in [-0.3, -0.25) is 9.78 Å². The summed E-state index contributed by atoms with van der Waals surface area (Å²) in [5.41, 5.74) is 0.661. The van der Waals surface area contributed by atoms with Crippen LogP contribution in [-0.4, -0.2) is 17.9 Å². The van der Waals surface area contributed by atoms with Crippen molar-refractivity contribution >= 4 is 5.78 Å². The minimum Gasteiger partial charge on any atom is -0.495 e. The van der Waals surface area contributed by atoms with Gasteiger partial charge in [-0.25, -0.2) is 0 Å². The number of aromatic nitrogens is 1. The lowest BCUT2D eigenvalue weighted by molar-refractivity contribution is 0.0915. The first-order valence-electron chi connectivity index (χ1n) is 5.25. The Balaban J connectivity index is 2.16. The third-order valence-electron chi connectivity index (χ3n) is 2.98. The van der Waals surface area contributed by atoms with Gasteiger partial charge in [0.15, 0.2) is 5.78 Å². The highest BCUT2D eigenvalue weighted by molar-refractivity contribution is 5.98. The highest BCUT2D eigenvalue weighted by atomic mass is 16.5. The largest absolute Gasteiger partial charge is 0.495 e. The zero-order chi connectivity index (χ0) is 10.8. The van der Waals surface area contributed by atoms with Crippen LogP contribution in [0.25, 0.3) is 0 Å². The Bertz CT molecular complexity index is 372. The normalized spacial score (nSPS) is 17.2. The predicted octanol–water partition coefficient (Wildman–Crippen LogP) is 2.32. The predicted molar refractivity (Wildman–Crippen MR) is 57.0 cm³/mol. The number of rotatable bonds is 4. The van der Waals surface area contributed by atoms with Crippen molar-refractivity contribution in [2.24, 2.45) is 11.8 Å². The molecule has 0 amide bonds. The number of methoxy groups -OCH3 is 1. The van der Waals surface area contributed by atoms with Gasteiger partial charge in [-0.2, -0.15) is 0 Å². The smallest absolute Gasteiger partial charge is 0.167 e. The molecule has 1 fully saturated rings. The van der Waals surface area contributed by atoms with Crippen molar-refractivity contribution in [2.75, 3.05) is 7.11 Å². The van der Waals surface area contributed by atoms with Crippen LogP contribution in [0.5, 0.6) is 5.75 Å². The molecule has 0 radical (unpaired) electrons. The molecule has 1 unspecified atom stereocenters. The number of hydrogen-bond donors (Lipinski definition) is 0. The molecule has 80 valence electrons. The van der Waals surface area contributed by atoms with Crippen LogP contribution >= 0.6 is 0 Å². The summed E-state index contributed by atoms with van der Waals surface area (Å²) in [5.74, 6) is 1.54. The fourth-order valence-corrected chi connectivity index (χ4v) is 1.74. The van der Waals surface area contributed by atoms with E-state index < -0.39 is 0 Å². The molecule has 1 aromatic rings. The number of Topliss-reactive ketones (excluding diaryl/α,β-unsaturated/α-hetero) is 1. The number of ketones is 1. The lowest BCUT2D eigenvalue weighted by atomic mass is 9.96. The minimum atomic E-state index is 0.124. The molecule has 1 atom stereocenters. The van der Waals surface area contributed by atoms with Gasteiger partial charge in [0, 0.05) is 17.7 Å². The lowest BCUT2D eigenvalue weighted by Gasteiger charge is -2.09. The van der Waals surface area contributed by atoms with E-state index in [9.17, 15) is 4.79 Å². The molecule has 1 aromatic heterocycles. The van der Waals surface area contributed by atoms with Crippen molar-refractivity contribution in [1.82, 2.24) is 4.98 Å². The monoisotopic (exact) mass is 205 g/mol. The number of pyridine rings is 1. The standard InChI is InChI=1S/C12H15NO2/c1-8(9-3-4-9)12(14)10-5-11(15-2)7-13-6-10/h5-9H,3-4H2,1-2H3. The Morgan fingerprint density at radius 1 is 1.53 bits per heavy atom. The van der Waals surface area contributed by atoms with Gasteiger partial charge < -0.3 is 4.74 Å². The van der Waals surface area contributed by atoms with E-state index in [0.29, 0.717) is 17.2 Å². The molecule has 0 bridgehead atoms. The molecule has 3 heteroatoms. The van der Waals surface area contributed by atoms with Gasteiger partial charge in [0.1, 0.15) is 5.75 Å². The SMILES string of the molecule is COc1cncc(C(=O)C(C)C2CC2)c1. The van der Waals surface area contributed by atoms with E-state index in [0.717, 1.165) is 0 Å². The van der Waals surface area contributed by atoms with Crippen LogP contribution in [-0.2, 0) is 0 Å². The highest BCUT2D eigenvalue weighted by Gasteiger charge is 2.33. The van der Waals surface area contributed by atoms with Crippen molar-refractivity contribution in [1.29, 1.82) is 0 Å². The van der Waals surface area contributed by atoms with Crippen LogP contribution in [0.1, 0.15) is 30.1 Å². The molecule has 0 spiro atoms. The number of hydrogen-bond acceptors (Lipinski definition) is 3. The zero-order valence-corrected chi connectivity index (χ0v) is 9.06. The zero-order valence-electron chi connectivity index (χ0n) is 9.06. The van der Waals surface area contributed by atoms with E-state index in [1.54, 1.807) is 25.6 Å². The summed E-state index contributed by atoms with van der Waals surface area (Å²) in [6, 6.07) is 1.76. The molecule has 0 saturated heterocycles. The Morgan fingerprint density at radius 3 is 2.87 bits per heavy atom. The maximum Gasteiger partial charge on any atom is 0.167 e. The summed E-state index contributed by atoms with van der Waals surface area (Å²) in [7, 11) is 1.58. The summed E-state index contributed by atoms with van der Waals surface area (Å²) in [6.45, 7) is 2.00. The second-order valence-electron chi connectivity index (χ2n) is 4.10. The Kier molecular flexibility index (Phi) is 2.71. The van der Waals surface area contributed by atoms with Gasteiger partial charge in [0.2, 0.25) is 0 Å². The number of ether oxygens (including phenoxy) is 1.